The number of nitrogens with zero attached hydrogens (tertiary/aromatic N) is 4. The zero-order valence-corrected chi connectivity index (χ0v) is 13.2. The van der Waals surface area contributed by atoms with Gasteiger partial charge in [-0.2, -0.15) is 0 Å². The summed E-state index contributed by atoms with van der Waals surface area (Å²) >= 11 is 0. The third kappa shape index (κ3) is 3.95. The van der Waals surface area contributed by atoms with Crippen LogP contribution in [-0.4, -0.2) is 39.3 Å². The first kappa shape index (κ1) is 15.7. The highest BCUT2D eigenvalue weighted by molar-refractivity contribution is 5.94. The van der Waals surface area contributed by atoms with Crippen molar-refractivity contribution in [2.45, 2.75) is 6.92 Å². The molecule has 0 aliphatic carbocycles. The number of ether oxygens (including phenoxy) is 1. The average Bonchev–Trinajstić information content (AvgIpc) is 3.15. The van der Waals surface area contributed by atoms with Gasteiger partial charge in [0.05, 0.1) is 12.2 Å². The maximum absolute atomic E-state index is 12.1. The molecule has 0 bridgehead atoms. The van der Waals surface area contributed by atoms with Gasteiger partial charge in [0.2, 0.25) is 0 Å². The molecule has 0 atom stereocenters. The molecule has 0 saturated heterocycles. The van der Waals surface area contributed by atoms with E-state index in [1.54, 1.807) is 24.3 Å². The van der Waals surface area contributed by atoms with Gasteiger partial charge in [0, 0.05) is 5.56 Å². The van der Waals surface area contributed by atoms with Crippen molar-refractivity contribution in [3.63, 3.8) is 0 Å². The standard InChI is InChI=1S/C17H17N5O2/c1-13-2-8-16(9-3-13)24-11-10-18-17(23)14-4-6-15(7-5-14)22-12-19-20-21-22/h2-9,12H,10-11H2,1H3,(H,18,23). The van der Waals surface area contributed by atoms with Crippen LogP contribution in [0.15, 0.2) is 54.9 Å². The van der Waals surface area contributed by atoms with E-state index in [0.717, 1.165) is 11.4 Å². The Labute approximate surface area is 139 Å². The van der Waals surface area contributed by atoms with Crippen LogP contribution in [0.2, 0.25) is 0 Å². The molecule has 0 aliphatic heterocycles. The molecule has 1 heterocycles. The number of tetrazole rings is 1. The second-order valence-electron chi connectivity index (χ2n) is 5.22. The molecule has 0 fully saturated rings. The van der Waals surface area contributed by atoms with E-state index in [-0.39, 0.29) is 5.91 Å². The SMILES string of the molecule is Cc1ccc(OCCNC(=O)c2ccc(-n3cnnn3)cc2)cc1. The Kier molecular flexibility index (Phi) is 4.81. The van der Waals surface area contributed by atoms with Crippen LogP contribution in [0.3, 0.4) is 0 Å². The molecule has 1 N–H and O–H groups in total. The van der Waals surface area contributed by atoms with Gasteiger partial charge < -0.3 is 10.1 Å². The van der Waals surface area contributed by atoms with E-state index in [2.05, 4.69) is 20.8 Å². The van der Waals surface area contributed by atoms with Crippen LogP contribution < -0.4 is 10.1 Å². The molecule has 0 aliphatic rings. The summed E-state index contributed by atoms with van der Waals surface area (Å²) in [5.74, 6) is 0.645. The normalized spacial score (nSPS) is 10.4. The first-order valence-electron chi connectivity index (χ1n) is 7.53. The zero-order valence-electron chi connectivity index (χ0n) is 13.2. The molecule has 0 spiro atoms. The first-order chi connectivity index (χ1) is 11.7. The van der Waals surface area contributed by atoms with Crippen LogP contribution in [-0.2, 0) is 0 Å². The van der Waals surface area contributed by atoms with Gasteiger partial charge in [-0.3, -0.25) is 4.79 Å². The third-order valence-electron chi connectivity index (χ3n) is 3.42. The van der Waals surface area contributed by atoms with Crippen LogP contribution >= 0.6 is 0 Å². The minimum Gasteiger partial charge on any atom is -0.492 e. The first-order valence-corrected chi connectivity index (χ1v) is 7.53. The summed E-state index contributed by atoms with van der Waals surface area (Å²) in [5.41, 5.74) is 2.54. The third-order valence-corrected chi connectivity index (χ3v) is 3.42. The Bertz CT molecular complexity index is 783. The maximum atomic E-state index is 12.1. The molecule has 24 heavy (non-hydrogen) atoms. The Morgan fingerprint density at radius 3 is 2.54 bits per heavy atom. The van der Waals surface area contributed by atoms with Crippen LogP contribution in [0.1, 0.15) is 15.9 Å². The highest BCUT2D eigenvalue weighted by Gasteiger charge is 2.06. The summed E-state index contributed by atoms with van der Waals surface area (Å²) in [7, 11) is 0. The minimum atomic E-state index is -0.147. The van der Waals surface area contributed by atoms with Crippen molar-refractivity contribution in [2.24, 2.45) is 0 Å². The number of aromatic nitrogens is 4. The van der Waals surface area contributed by atoms with E-state index in [1.165, 1.54) is 16.6 Å². The van der Waals surface area contributed by atoms with Crippen molar-refractivity contribution in [3.8, 4) is 11.4 Å². The monoisotopic (exact) mass is 323 g/mol. The summed E-state index contributed by atoms with van der Waals surface area (Å²) in [5, 5.41) is 13.8. The number of nitrogens with one attached hydrogen (secondary N) is 1. The number of hydrogen-bond donors (Lipinski definition) is 1. The predicted octanol–water partition coefficient (Wildman–Crippen LogP) is 1.78. The number of carbonyl (C=O) groups excluding carboxylic acids is 1. The summed E-state index contributed by atoms with van der Waals surface area (Å²) in [4.78, 5) is 12.1. The molecule has 0 unspecified atom stereocenters. The van der Waals surface area contributed by atoms with Crippen LogP contribution in [0, 0.1) is 6.92 Å². The molecule has 1 aromatic heterocycles. The topological polar surface area (TPSA) is 81.9 Å². The summed E-state index contributed by atoms with van der Waals surface area (Å²) in [6.45, 7) is 2.87. The summed E-state index contributed by atoms with van der Waals surface area (Å²) in [6.07, 6.45) is 1.50. The highest BCUT2D eigenvalue weighted by atomic mass is 16.5. The van der Waals surface area contributed by atoms with Gasteiger partial charge in [0.25, 0.3) is 5.91 Å². The van der Waals surface area contributed by atoms with Gasteiger partial charge in [0.1, 0.15) is 18.7 Å². The number of hydrogen-bond acceptors (Lipinski definition) is 5. The van der Waals surface area contributed by atoms with Crippen LogP contribution in [0.4, 0.5) is 0 Å². The second-order valence-corrected chi connectivity index (χ2v) is 5.22. The Morgan fingerprint density at radius 2 is 1.88 bits per heavy atom. The Morgan fingerprint density at radius 1 is 1.12 bits per heavy atom. The molecule has 3 aromatic rings. The summed E-state index contributed by atoms with van der Waals surface area (Å²) in [6, 6.07) is 14.8. The maximum Gasteiger partial charge on any atom is 0.251 e. The molecule has 7 nitrogen and oxygen atoms in total. The number of carbonyl (C=O) groups is 1. The molecule has 122 valence electrons. The van der Waals surface area contributed by atoms with E-state index in [9.17, 15) is 4.79 Å². The van der Waals surface area contributed by atoms with E-state index >= 15 is 0 Å². The smallest absolute Gasteiger partial charge is 0.251 e. The van der Waals surface area contributed by atoms with Crippen molar-refractivity contribution in [1.82, 2.24) is 25.5 Å². The number of rotatable bonds is 6. The van der Waals surface area contributed by atoms with E-state index in [0.29, 0.717) is 18.7 Å². The minimum absolute atomic E-state index is 0.147. The van der Waals surface area contributed by atoms with Crippen molar-refractivity contribution in [1.29, 1.82) is 0 Å². The van der Waals surface area contributed by atoms with Crippen LogP contribution in [0.5, 0.6) is 5.75 Å². The van der Waals surface area contributed by atoms with Crippen molar-refractivity contribution < 1.29 is 9.53 Å². The molecule has 7 heteroatoms. The molecular formula is C17H17N5O2. The lowest BCUT2D eigenvalue weighted by Gasteiger charge is -2.08. The molecule has 3 rings (SSSR count). The van der Waals surface area contributed by atoms with Crippen molar-refractivity contribution >= 4 is 5.91 Å². The number of benzene rings is 2. The van der Waals surface area contributed by atoms with Gasteiger partial charge in [-0.15, -0.1) is 5.10 Å². The van der Waals surface area contributed by atoms with E-state index in [1.807, 2.05) is 31.2 Å². The number of amides is 1. The van der Waals surface area contributed by atoms with Gasteiger partial charge in [0.15, 0.2) is 0 Å². The Balaban J connectivity index is 1.47. The van der Waals surface area contributed by atoms with E-state index < -0.39 is 0 Å². The largest absolute Gasteiger partial charge is 0.492 e. The summed E-state index contributed by atoms with van der Waals surface area (Å²) < 4.78 is 7.10. The molecule has 0 saturated carbocycles. The van der Waals surface area contributed by atoms with Gasteiger partial charge >= 0.3 is 0 Å². The predicted molar refractivity (Wildman–Crippen MR) is 88.2 cm³/mol. The van der Waals surface area contributed by atoms with Gasteiger partial charge in [-0.05, 0) is 53.7 Å². The molecule has 1 amide bonds. The second kappa shape index (κ2) is 7.36. The molecule has 2 aromatic carbocycles. The van der Waals surface area contributed by atoms with Crippen molar-refractivity contribution in [3.05, 3.63) is 66.0 Å². The highest BCUT2D eigenvalue weighted by Crippen LogP contribution is 2.11. The zero-order chi connectivity index (χ0) is 16.8. The lowest BCUT2D eigenvalue weighted by molar-refractivity contribution is 0.0947. The Hall–Kier alpha value is -3.22. The van der Waals surface area contributed by atoms with Crippen LogP contribution in [0.25, 0.3) is 5.69 Å². The number of aryl methyl sites for hydroxylation is 1. The molecule has 0 radical (unpaired) electrons. The fourth-order valence-corrected chi connectivity index (χ4v) is 2.12. The lowest BCUT2D eigenvalue weighted by Crippen LogP contribution is -2.28. The van der Waals surface area contributed by atoms with Gasteiger partial charge in [-0.25, -0.2) is 4.68 Å². The average molecular weight is 323 g/mol. The quantitative estimate of drug-likeness (QED) is 0.699. The molecular weight excluding hydrogens is 306 g/mol. The fraction of sp³-hybridized carbons (Fsp3) is 0.176. The van der Waals surface area contributed by atoms with Crippen molar-refractivity contribution in [2.75, 3.05) is 13.2 Å². The van der Waals surface area contributed by atoms with E-state index in [4.69, 9.17) is 4.74 Å². The lowest BCUT2D eigenvalue weighted by atomic mass is 10.2. The van der Waals surface area contributed by atoms with Gasteiger partial charge in [-0.1, -0.05) is 17.7 Å². The fourth-order valence-electron chi connectivity index (χ4n) is 2.12.